The fourth-order valence-electron chi connectivity index (χ4n) is 2.14. The van der Waals surface area contributed by atoms with Gasteiger partial charge in [0.25, 0.3) is 0 Å². The predicted molar refractivity (Wildman–Crippen MR) is 45.0 cm³/mol. The van der Waals surface area contributed by atoms with Crippen LogP contribution in [0.15, 0.2) is 0 Å². The summed E-state index contributed by atoms with van der Waals surface area (Å²) in [4.78, 5) is 12.7. The van der Waals surface area contributed by atoms with Gasteiger partial charge in [-0.25, -0.2) is 4.79 Å². The number of hydrogen-bond acceptors (Lipinski definition) is 3. The molecule has 0 amide bonds. The molecule has 0 N–H and O–H groups in total. The summed E-state index contributed by atoms with van der Waals surface area (Å²) < 4.78 is 4.98. The Kier molecular flexibility index (Phi) is 2.24. The summed E-state index contributed by atoms with van der Waals surface area (Å²) in [5.41, 5.74) is -0.674. The van der Waals surface area contributed by atoms with Crippen LogP contribution in [-0.2, 0) is 4.74 Å². The molecule has 2 bridgehead atoms. The molecule has 1 atom stereocenters. The molecule has 3 nitrogen and oxygen atoms in total. The largest absolute Gasteiger partial charge is 0.434 e. The standard InChI is InChI=1S/C8H12ClNO2/c9-8(11)12-7-5-6-1-3-10(7)4-2-6/h6-7H,1-5H2. The molecule has 0 aromatic heterocycles. The average Bonchev–Trinajstić information content (AvgIpc) is 2.05. The van der Waals surface area contributed by atoms with Crippen LogP contribution >= 0.6 is 11.6 Å². The molecule has 3 aliphatic rings. The lowest BCUT2D eigenvalue weighted by Gasteiger charge is -2.43. The van der Waals surface area contributed by atoms with E-state index in [-0.39, 0.29) is 6.23 Å². The zero-order valence-electron chi connectivity index (χ0n) is 6.83. The van der Waals surface area contributed by atoms with E-state index in [1.54, 1.807) is 0 Å². The maximum absolute atomic E-state index is 10.5. The van der Waals surface area contributed by atoms with Crippen molar-refractivity contribution in [1.82, 2.24) is 4.90 Å². The van der Waals surface area contributed by atoms with Gasteiger partial charge in [0, 0.05) is 31.1 Å². The highest BCUT2D eigenvalue weighted by Gasteiger charge is 2.35. The van der Waals surface area contributed by atoms with Crippen molar-refractivity contribution in [3.05, 3.63) is 0 Å². The van der Waals surface area contributed by atoms with Gasteiger partial charge in [-0.15, -0.1) is 0 Å². The summed E-state index contributed by atoms with van der Waals surface area (Å²) in [6, 6.07) is 0. The number of carbonyl (C=O) groups is 1. The van der Waals surface area contributed by atoms with Gasteiger partial charge in [-0.3, -0.25) is 4.90 Å². The number of hydrogen-bond donors (Lipinski definition) is 0. The Morgan fingerprint density at radius 2 is 2.08 bits per heavy atom. The summed E-state index contributed by atoms with van der Waals surface area (Å²) in [6.45, 7) is 2.11. The molecule has 1 unspecified atom stereocenters. The van der Waals surface area contributed by atoms with E-state index in [0.29, 0.717) is 0 Å². The molecule has 4 heteroatoms. The van der Waals surface area contributed by atoms with Gasteiger partial charge in [-0.2, -0.15) is 0 Å². The lowest BCUT2D eigenvalue weighted by Crippen LogP contribution is -2.50. The molecule has 68 valence electrons. The van der Waals surface area contributed by atoms with Crippen LogP contribution in [-0.4, -0.2) is 29.6 Å². The molecule has 3 saturated heterocycles. The van der Waals surface area contributed by atoms with E-state index in [1.807, 2.05) is 0 Å². The lowest BCUT2D eigenvalue weighted by atomic mass is 9.87. The van der Waals surface area contributed by atoms with E-state index in [4.69, 9.17) is 16.3 Å². The van der Waals surface area contributed by atoms with Crippen LogP contribution in [0.1, 0.15) is 19.3 Å². The Hall–Kier alpha value is -0.280. The monoisotopic (exact) mass is 189 g/mol. The van der Waals surface area contributed by atoms with Crippen molar-refractivity contribution in [3.63, 3.8) is 0 Å². The number of carbonyl (C=O) groups excluding carboxylic acids is 1. The number of halogens is 1. The predicted octanol–water partition coefficient (Wildman–Crippen LogP) is 1.80. The molecule has 0 aromatic rings. The maximum atomic E-state index is 10.5. The van der Waals surface area contributed by atoms with E-state index in [9.17, 15) is 4.79 Å². The minimum atomic E-state index is -0.674. The van der Waals surface area contributed by atoms with Crippen LogP contribution in [0.2, 0.25) is 0 Å². The topological polar surface area (TPSA) is 29.5 Å². The second-order valence-electron chi connectivity index (χ2n) is 3.53. The van der Waals surface area contributed by atoms with Crippen molar-refractivity contribution in [2.24, 2.45) is 5.92 Å². The highest BCUT2D eigenvalue weighted by molar-refractivity contribution is 6.61. The molecule has 0 saturated carbocycles. The zero-order chi connectivity index (χ0) is 8.55. The van der Waals surface area contributed by atoms with E-state index in [2.05, 4.69) is 4.90 Å². The Bertz CT molecular complexity index is 189. The van der Waals surface area contributed by atoms with Crippen molar-refractivity contribution in [2.75, 3.05) is 13.1 Å². The first kappa shape index (κ1) is 8.32. The van der Waals surface area contributed by atoms with Crippen molar-refractivity contribution >= 4 is 17.0 Å². The molecule has 0 spiro atoms. The van der Waals surface area contributed by atoms with Crippen LogP contribution in [0.3, 0.4) is 0 Å². The maximum Gasteiger partial charge on any atom is 0.405 e. The first-order valence-corrected chi connectivity index (χ1v) is 4.73. The normalized spacial score (nSPS) is 39.6. The molecule has 3 rings (SSSR count). The molecule has 0 radical (unpaired) electrons. The zero-order valence-corrected chi connectivity index (χ0v) is 7.59. The van der Waals surface area contributed by atoms with Gasteiger partial charge in [0.05, 0.1) is 0 Å². The number of piperidine rings is 3. The third kappa shape index (κ3) is 1.57. The number of rotatable bonds is 1. The summed E-state index contributed by atoms with van der Waals surface area (Å²) in [7, 11) is 0. The van der Waals surface area contributed by atoms with Gasteiger partial charge in [0.1, 0.15) is 0 Å². The first-order chi connectivity index (χ1) is 5.75. The first-order valence-electron chi connectivity index (χ1n) is 4.36. The second kappa shape index (κ2) is 3.23. The summed E-state index contributed by atoms with van der Waals surface area (Å²) in [6.07, 6.45) is 3.42. The highest BCUT2D eigenvalue weighted by Crippen LogP contribution is 2.32. The third-order valence-electron chi connectivity index (χ3n) is 2.82. The highest BCUT2D eigenvalue weighted by atomic mass is 35.5. The fraction of sp³-hybridized carbons (Fsp3) is 0.875. The Morgan fingerprint density at radius 1 is 1.42 bits per heavy atom. The van der Waals surface area contributed by atoms with Crippen LogP contribution in [0, 0.1) is 5.92 Å². The van der Waals surface area contributed by atoms with Gasteiger partial charge in [0.2, 0.25) is 0 Å². The van der Waals surface area contributed by atoms with Gasteiger partial charge >= 0.3 is 5.43 Å². The molecule has 0 aliphatic carbocycles. The van der Waals surface area contributed by atoms with Crippen LogP contribution in [0.4, 0.5) is 4.79 Å². The Labute approximate surface area is 76.6 Å². The SMILES string of the molecule is O=C(Cl)OC1CC2CCN1CC2. The van der Waals surface area contributed by atoms with E-state index < -0.39 is 5.43 Å². The summed E-state index contributed by atoms with van der Waals surface area (Å²) >= 11 is 5.16. The molecular formula is C8H12ClNO2. The average molecular weight is 190 g/mol. The van der Waals surface area contributed by atoms with Gasteiger partial charge < -0.3 is 4.74 Å². The van der Waals surface area contributed by atoms with E-state index >= 15 is 0 Å². The molecule has 0 aromatic carbocycles. The Morgan fingerprint density at radius 3 is 2.50 bits per heavy atom. The van der Waals surface area contributed by atoms with Crippen molar-refractivity contribution in [1.29, 1.82) is 0 Å². The quantitative estimate of drug-likeness (QED) is 0.590. The molecule has 3 aliphatic heterocycles. The smallest absolute Gasteiger partial charge is 0.405 e. The molecule has 3 heterocycles. The minimum Gasteiger partial charge on any atom is -0.434 e. The van der Waals surface area contributed by atoms with Gasteiger partial charge in [-0.1, -0.05) is 0 Å². The van der Waals surface area contributed by atoms with Crippen LogP contribution < -0.4 is 0 Å². The van der Waals surface area contributed by atoms with Crippen LogP contribution in [0.25, 0.3) is 0 Å². The Balaban J connectivity index is 1.95. The number of fused-ring (bicyclic) bond motifs is 3. The number of ether oxygens (including phenoxy) is 1. The molecule has 12 heavy (non-hydrogen) atoms. The van der Waals surface area contributed by atoms with Crippen LogP contribution in [0.5, 0.6) is 0 Å². The third-order valence-corrected chi connectivity index (χ3v) is 2.91. The van der Waals surface area contributed by atoms with Crippen molar-refractivity contribution < 1.29 is 9.53 Å². The van der Waals surface area contributed by atoms with Crippen molar-refractivity contribution in [3.8, 4) is 0 Å². The van der Waals surface area contributed by atoms with E-state index in [0.717, 1.165) is 25.4 Å². The van der Waals surface area contributed by atoms with E-state index in [1.165, 1.54) is 12.8 Å². The lowest BCUT2D eigenvalue weighted by molar-refractivity contribution is -0.0764. The van der Waals surface area contributed by atoms with Gasteiger partial charge in [0.15, 0.2) is 6.23 Å². The molecule has 3 fully saturated rings. The fourth-order valence-corrected chi connectivity index (χ4v) is 2.24. The number of nitrogens with zero attached hydrogens (tertiary/aromatic N) is 1. The summed E-state index contributed by atoms with van der Waals surface area (Å²) in [5.74, 6) is 0.746. The van der Waals surface area contributed by atoms with Gasteiger partial charge in [-0.05, 0) is 18.8 Å². The molecular weight excluding hydrogens is 178 g/mol. The summed E-state index contributed by atoms with van der Waals surface area (Å²) in [5, 5.41) is 0. The second-order valence-corrected chi connectivity index (χ2v) is 3.83. The van der Waals surface area contributed by atoms with Crippen molar-refractivity contribution in [2.45, 2.75) is 25.5 Å². The minimum absolute atomic E-state index is 0.0394.